The molecule has 0 radical (unpaired) electrons. The third-order valence-corrected chi connectivity index (χ3v) is 7.29. The van der Waals surface area contributed by atoms with Crippen LogP contribution in [0.15, 0.2) is 77.6 Å². The quantitative estimate of drug-likeness (QED) is 0.559. The molecule has 3 aromatic rings. The van der Waals surface area contributed by atoms with Crippen molar-refractivity contribution in [3.05, 3.63) is 100.0 Å². The lowest BCUT2D eigenvalue weighted by Gasteiger charge is -2.43. The zero-order valence-electron chi connectivity index (χ0n) is 20.5. The first-order valence-electron chi connectivity index (χ1n) is 12.7. The second-order valence-electron chi connectivity index (χ2n) is 9.83. The Kier molecular flexibility index (Phi) is 6.89. The summed E-state index contributed by atoms with van der Waals surface area (Å²) in [5.41, 5.74) is 3.89. The number of amides is 3. The van der Waals surface area contributed by atoms with Gasteiger partial charge in [-0.1, -0.05) is 55.5 Å². The molecule has 1 aromatic heterocycles. The smallest absolute Gasteiger partial charge is 0.318 e. The number of aromatic nitrogens is 1. The molecule has 0 unspecified atom stereocenters. The molecule has 7 heteroatoms. The molecule has 2 aliphatic heterocycles. The first kappa shape index (κ1) is 23.9. The minimum Gasteiger partial charge on any atom is -0.326 e. The third-order valence-electron chi connectivity index (χ3n) is 7.29. The number of anilines is 1. The Labute approximate surface area is 211 Å². The van der Waals surface area contributed by atoms with Crippen LogP contribution in [0.3, 0.4) is 0 Å². The van der Waals surface area contributed by atoms with Gasteiger partial charge in [0, 0.05) is 49.4 Å². The van der Waals surface area contributed by atoms with Gasteiger partial charge in [0.05, 0.1) is 0 Å². The van der Waals surface area contributed by atoms with E-state index in [-0.39, 0.29) is 29.3 Å². The fourth-order valence-corrected chi connectivity index (χ4v) is 5.41. The summed E-state index contributed by atoms with van der Waals surface area (Å²) in [6, 6.07) is 21.9. The highest BCUT2D eigenvalue weighted by Crippen LogP contribution is 2.34. The van der Waals surface area contributed by atoms with Crippen LogP contribution < -0.4 is 16.2 Å². The Hall–Kier alpha value is -3.87. The number of carbonyl (C=O) groups excluding carboxylic acids is 2. The highest BCUT2D eigenvalue weighted by molar-refractivity contribution is 5.97. The second kappa shape index (κ2) is 10.4. The van der Waals surface area contributed by atoms with Crippen LogP contribution in [0.1, 0.15) is 36.1 Å². The van der Waals surface area contributed by atoms with Crippen molar-refractivity contribution in [2.45, 2.75) is 44.7 Å². The standard InChI is InChI=1S/C29H32N4O3/c1-2-20-11-13-24(14-12-20)30-28(35)25(16-21-7-4-3-5-8-21)31-29(36)32-17-22-15-23(19-32)26-9-6-10-27(34)33(26)18-22/h3-14,22-23,25H,2,15-19H2,1H3,(H,30,35)(H,31,36)/t22-,23+,25-/m0/s1. The van der Waals surface area contributed by atoms with Crippen molar-refractivity contribution in [1.82, 2.24) is 14.8 Å². The Bertz CT molecular complexity index is 1290. The average Bonchev–Trinajstić information content (AvgIpc) is 2.90. The van der Waals surface area contributed by atoms with Crippen LogP contribution in [0.2, 0.25) is 0 Å². The van der Waals surface area contributed by atoms with Gasteiger partial charge in [-0.2, -0.15) is 0 Å². The number of carbonyl (C=O) groups is 2. The van der Waals surface area contributed by atoms with Gasteiger partial charge in [0.2, 0.25) is 5.91 Å². The zero-order chi connectivity index (χ0) is 25.1. The summed E-state index contributed by atoms with van der Waals surface area (Å²) in [5, 5.41) is 5.98. The summed E-state index contributed by atoms with van der Waals surface area (Å²) in [6.07, 6.45) is 2.29. The van der Waals surface area contributed by atoms with Gasteiger partial charge in [-0.3, -0.25) is 9.59 Å². The minimum atomic E-state index is -0.720. The van der Waals surface area contributed by atoms with Crippen molar-refractivity contribution in [2.75, 3.05) is 18.4 Å². The molecule has 3 amide bonds. The summed E-state index contributed by atoms with van der Waals surface area (Å²) in [7, 11) is 0. The number of nitrogens with zero attached hydrogens (tertiary/aromatic N) is 2. The number of pyridine rings is 1. The molecule has 7 nitrogen and oxygen atoms in total. The van der Waals surface area contributed by atoms with Crippen LogP contribution >= 0.6 is 0 Å². The van der Waals surface area contributed by atoms with E-state index in [1.54, 1.807) is 17.0 Å². The molecule has 0 spiro atoms. The number of urea groups is 1. The lowest BCUT2D eigenvalue weighted by Crippen LogP contribution is -2.55. The summed E-state index contributed by atoms with van der Waals surface area (Å²) in [6.45, 7) is 3.81. The molecular formula is C29H32N4O3. The molecule has 0 saturated carbocycles. The highest BCUT2D eigenvalue weighted by atomic mass is 16.2. The van der Waals surface area contributed by atoms with Gasteiger partial charge < -0.3 is 20.1 Å². The van der Waals surface area contributed by atoms with Gasteiger partial charge in [0.1, 0.15) is 6.04 Å². The first-order chi connectivity index (χ1) is 17.5. The van der Waals surface area contributed by atoms with Crippen LogP contribution in [0.5, 0.6) is 0 Å². The summed E-state index contributed by atoms with van der Waals surface area (Å²) in [5.74, 6) is 0.0989. The molecule has 0 aliphatic carbocycles. The molecule has 2 bridgehead atoms. The van der Waals surface area contributed by atoms with E-state index in [1.165, 1.54) is 5.56 Å². The van der Waals surface area contributed by atoms with Crippen molar-refractivity contribution in [3.8, 4) is 0 Å². The highest BCUT2D eigenvalue weighted by Gasteiger charge is 2.37. The number of hydrogen-bond acceptors (Lipinski definition) is 3. The third kappa shape index (κ3) is 5.20. The van der Waals surface area contributed by atoms with Crippen molar-refractivity contribution in [1.29, 1.82) is 0 Å². The van der Waals surface area contributed by atoms with Crippen molar-refractivity contribution in [2.24, 2.45) is 5.92 Å². The molecule has 186 valence electrons. The van der Waals surface area contributed by atoms with E-state index in [2.05, 4.69) is 17.6 Å². The minimum absolute atomic E-state index is 0.0201. The number of fused-ring (bicyclic) bond motifs is 4. The monoisotopic (exact) mass is 484 g/mol. The number of rotatable bonds is 6. The maximum absolute atomic E-state index is 13.4. The van der Waals surface area contributed by atoms with Gasteiger partial charge >= 0.3 is 6.03 Å². The van der Waals surface area contributed by atoms with E-state index >= 15 is 0 Å². The number of aryl methyl sites for hydroxylation is 1. The van der Waals surface area contributed by atoms with Crippen LogP contribution in [0.25, 0.3) is 0 Å². The van der Waals surface area contributed by atoms with Gasteiger partial charge in [0.25, 0.3) is 5.56 Å². The van der Waals surface area contributed by atoms with Gasteiger partial charge in [-0.25, -0.2) is 4.79 Å². The van der Waals surface area contributed by atoms with Gasteiger partial charge in [-0.05, 0) is 48.1 Å². The molecule has 36 heavy (non-hydrogen) atoms. The van der Waals surface area contributed by atoms with E-state index < -0.39 is 6.04 Å². The van der Waals surface area contributed by atoms with Crippen LogP contribution in [0.4, 0.5) is 10.5 Å². The lowest BCUT2D eigenvalue weighted by molar-refractivity contribution is -0.118. The van der Waals surface area contributed by atoms with Gasteiger partial charge in [-0.15, -0.1) is 0 Å². The van der Waals surface area contributed by atoms with Gasteiger partial charge in [0.15, 0.2) is 0 Å². The largest absolute Gasteiger partial charge is 0.326 e. The maximum atomic E-state index is 13.4. The summed E-state index contributed by atoms with van der Waals surface area (Å²) < 4.78 is 1.85. The molecule has 1 fully saturated rings. The molecule has 2 aromatic carbocycles. The normalized spacial score (nSPS) is 19.2. The molecular weight excluding hydrogens is 452 g/mol. The predicted molar refractivity (Wildman–Crippen MR) is 140 cm³/mol. The van der Waals surface area contributed by atoms with Crippen LogP contribution in [-0.4, -0.2) is 40.5 Å². The molecule has 5 rings (SSSR count). The molecule has 3 atom stereocenters. The zero-order valence-corrected chi connectivity index (χ0v) is 20.5. The van der Waals surface area contributed by atoms with E-state index in [0.717, 1.165) is 24.1 Å². The lowest BCUT2D eigenvalue weighted by atomic mass is 9.83. The van der Waals surface area contributed by atoms with Crippen LogP contribution in [-0.2, 0) is 24.2 Å². The molecule has 2 aliphatic rings. The number of nitrogens with one attached hydrogen (secondary N) is 2. The Morgan fingerprint density at radius 2 is 1.69 bits per heavy atom. The maximum Gasteiger partial charge on any atom is 0.318 e. The molecule has 2 N–H and O–H groups in total. The molecule has 3 heterocycles. The summed E-state index contributed by atoms with van der Waals surface area (Å²) in [4.78, 5) is 40.8. The fourth-order valence-electron chi connectivity index (χ4n) is 5.41. The SMILES string of the molecule is CCc1ccc(NC(=O)[C@H](Cc2ccccc2)NC(=O)N2C[C@@H]3C[C@H](C2)c2cccc(=O)n2C3)cc1. The van der Waals surface area contributed by atoms with Crippen molar-refractivity contribution < 1.29 is 9.59 Å². The predicted octanol–water partition coefficient (Wildman–Crippen LogP) is 3.79. The Morgan fingerprint density at radius 1 is 0.917 bits per heavy atom. The van der Waals surface area contributed by atoms with E-state index in [0.29, 0.717) is 31.7 Å². The number of hydrogen-bond donors (Lipinski definition) is 2. The Morgan fingerprint density at radius 3 is 2.44 bits per heavy atom. The number of benzene rings is 2. The topological polar surface area (TPSA) is 83.4 Å². The van der Waals surface area contributed by atoms with Crippen molar-refractivity contribution >= 4 is 17.6 Å². The molecule has 1 saturated heterocycles. The van der Waals surface area contributed by atoms with E-state index in [1.807, 2.05) is 65.2 Å². The number of piperidine rings is 1. The fraction of sp³-hybridized carbons (Fsp3) is 0.345. The number of likely N-dealkylation sites (tertiary alicyclic amines) is 1. The van der Waals surface area contributed by atoms with E-state index in [4.69, 9.17) is 0 Å². The second-order valence-corrected chi connectivity index (χ2v) is 9.83. The average molecular weight is 485 g/mol. The summed E-state index contributed by atoms with van der Waals surface area (Å²) >= 11 is 0. The Balaban J connectivity index is 1.31. The first-order valence-corrected chi connectivity index (χ1v) is 12.7. The van der Waals surface area contributed by atoms with Crippen molar-refractivity contribution in [3.63, 3.8) is 0 Å². The van der Waals surface area contributed by atoms with E-state index in [9.17, 15) is 14.4 Å². The van der Waals surface area contributed by atoms with Crippen LogP contribution in [0, 0.1) is 5.92 Å².